The van der Waals surface area contributed by atoms with Crippen molar-refractivity contribution in [3.05, 3.63) is 29.8 Å². The fourth-order valence-electron chi connectivity index (χ4n) is 2.67. The van der Waals surface area contributed by atoms with Crippen LogP contribution in [0.25, 0.3) is 0 Å². The molecule has 0 aromatic heterocycles. The zero-order chi connectivity index (χ0) is 14.4. The van der Waals surface area contributed by atoms with E-state index in [1.807, 2.05) is 0 Å². The van der Waals surface area contributed by atoms with Crippen LogP contribution in [0.15, 0.2) is 24.3 Å². The lowest BCUT2D eigenvalue weighted by Gasteiger charge is -2.32. The van der Waals surface area contributed by atoms with Crippen molar-refractivity contribution < 1.29 is 4.74 Å². The molecule has 1 aromatic rings. The van der Waals surface area contributed by atoms with E-state index in [1.165, 1.54) is 50.8 Å². The Morgan fingerprint density at radius 3 is 2.20 bits per heavy atom. The van der Waals surface area contributed by atoms with E-state index in [9.17, 15) is 0 Å². The number of nitrogens with zero attached hydrogens (tertiary/aromatic N) is 1. The number of piperidine rings is 1. The first-order chi connectivity index (χ1) is 9.74. The van der Waals surface area contributed by atoms with Crippen molar-refractivity contribution in [3.63, 3.8) is 0 Å². The summed E-state index contributed by atoms with van der Waals surface area (Å²) in [6.07, 6.45) is 6.88. The summed E-state index contributed by atoms with van der Waals surface area (Å²) in [7, 11) is 0. The van der Waals surface area contributed by atoms with E-state index in [-0.39, 0.29) is 0 Å². The van der Waals surface area contributed by atoms with Crippen molar-refractivity contribution >= 4 is 0 Å². The van der Waals surface area contributed by atoms with Gasteiger partial charge in [-0.1, -0.05) is 38.5 Å². The van der Waals surface area contributed by atoms with Crippen LogP contribution in [0.1, 0.15) is 51.5 Å². The second kappa shape index (κ2) is 7.68. The second-order valence-electron chi connectivity index (χ2n) is 6.06. The Kier molecular flexibility index (Phi) is 5.90. The highest BCUT2D eigenvalue weighted by molar-refractivity contribution is 5.31. The molecule has 2 nitrogen and oxygen atoms in total. The molecule has 0 radical (unpaired) electrons. The Morgan fingerprint density at radius 1 is 1.05 bits per heavy atom. The van der Waals surface area contributed by atoms with E-state index in [0.717, 1.165) is 11.8 Å². The quantitative estimate of drug-likeness (QED) is 0.810. The molecule has 112 valence electrons. The molecule has 1 saturated carbocycles. The fraction of sp³-hybridized carbons (Fsp3) is 0.667. The molecule has 1 aliphatic heterocycles. The van der Waals surface area contributed by atoms with Crippen molar-refractivity contribution in [2.45, 2.75) is 65.0 Å². The van der Waals surface area contributed by atoms with Gasteiger partial charge in [-0.3, -0.25) is 0 Å². The van der Waals surface area contributed by atoms with Crippen LogP contribution in [0.2, 0.25) is 0 Å². The molecule has 1 heterocycles. The highest BCUT2D eigenvalue weighted by atomic mass is 16.5. The van der Waals surface area contributed by atoms with E-state index >= 15 is 0 Å². The number of likely N-dealkylation sites (tertiary alicyclic amines) is 1. The van der Waals surface area contributed by atoms with Crippen LogP contribution in [-0.4, -0.2) is 30.1 Å². The summed E-state index contributed by atoms with van der Waals surface area (Å²) in [5.41, 5.74) is 1.25. The molecule has 2 aliphatic rings. The lowest BCUT2D eigenvalue weighted by atomic mass is 10.1. The van der Waals surface area contributed by atoms with Crippen molar-refractivity contribution in [3.8, 4) is 5.75 Å². The summed E-state index contributed by atoms with van der Waals surface area (Å²) in [4.78, 5) is 2.64. The average molecular weight is 275 g/mol. The Morgan fingerprint density at radius 2 is 1.65 bits per heavy atom. The van der Waals surface area contributed by atoms with Crippen molar-refractivity contribution in [2.75, 3.05) is 13.1 Å². The summed E-state index contributed by atoms with van der Waals surface area (Å²) >= 11 is 0. The molecular formula is C18H29NO. The summed E-state index contributed by atoms with van der Waals surface area (Å²) < 4.78 is 6.11. The Balaban J connectivity index is 0.000000452. The Labute approximate surface area is 124 Å². The first-order valence-electron chi connectivity index (χ1n) is 8.21. The summed E-state index contributed by atoms with van der Waals surface area (Å²) in [5, 5.41) is 0. The van der Waals surface area contributed by atoms with Crippen molar-refractivity contribution in [1.29, 1.82) is 0 Å². The molecule has 1 aromatic carbocycles. The van der Waals surface area contributed by atoms with E-state index in [1.54, 1.807) is 0 Å². The van der Waals surface area contributed by atoms with Gasteiger partial charge >= 0.3 is 0 Å². The minimum Gasteiger partial charge on any atom is -0.490 e. The van der Waals surface area contributed by atoms with Gasteiger partial charge in [-0.15, -0.1) is 0 Å². The van der Waals surface area contributed by atoms with Gasteiger partial charge in [-0.05, 0) is 44.2 Å². The highest BCUT2D eigenvalue weighted by Gasteiger charge is 2.32. The lowest BCUT2D eigenvalue weighted by molar-refractivity contribution is 0.0960. The molecule has 0 unspecified atom stereocenters. The predicted molar refractivity (Wildman–Crippen MR) is 85.4 cm³/mol. The van der Waals surface area contributed by atoms with Gasteiger partial charge in [-0.25, -0.2) is 0 Å². The standard InChI is InChI=1S/C15H21NO.C3H8/c1-12-4-2-3-5-15(12)17-14-8-10-16(11-9-14)13-6-7-13;1-3-2/h2-5,13-14H,6-11H2,1H3;3H2,1-2H3. The third-order valence-electron chi connectivity index (χ3n) is 3.93. The van der Waals surface area contributed by atoms with Crippen LogP contribution >= 0.6 is 0 Å². The lowest BCUT2D eigenvalue weighted by Crippen LogP contribution is -2.39. The van der Waals surface area contributed by atoms with Gasteiger partial charge in [0.1, 0.15) is 11.9 Å². The van der Waals surface area contributed by atoms with E-state index in [4.69, 9.17) is 4.74 Å². The van der Waals surface area contributed by atoms with Gasteiger partial charge in [0.05, 0.1) is 0 Å². The van der Waals surface area contributed by atoms with Crippen molar-refractivity contribution in [1.82, 2.24) is 4.90 Å². The zero-order valence-electron chi connectivity index (χ0n) is 13.3. The maximum atomic E-state index is 6.11. The Hall–Kier alpha value is -1.02. The fourth-order valence-corrected chi connectivity index (χ4v) is 2.67. The molecule has 2 heteroatoms. The van der Waals surface area contributed by atoms with Crippen LogP contribution in [0, 0.1) is 6.92 Å². The number of hydrogen-bond acceptors (Lipinski definition) is 2. The van der Waals surface area contributed by atoms with Gasteiger partial charge < -0.3 is 9.64 Å². The molecular weight excluding hydrogens is 246 g/mol. The van der Waals surface area contributed by atoms with Gasteiger partial charge in [0.25, 0.3) is 0 Å². The maximum absolute atomic E-state index is 6.11. The minimum absolute atomic E-state index is 0.422. The number of benzene rings is 1. The monoisotopic (exact) mass is 275 g/mol. The molecule has 0 atom stereocenters. The molecule has 0 N–H and O–H groups in total. The largest absolute Gasteiger partial charge is 0.490 e. The topological polar surface area (TPSA) is 12.5 Å². The summed E-state index contributed by atoms with van der Waals surface area (Å²) in [5.74, 6) is 1.07. The normalized spacial score (nSPS) is 20.1. The third-order valence-corrected chi connectivity index (χ3v) is 3.93. The van der Waals surface area contributed by atoms with Gasteiger partial charge in [0.15, 0.2) is 0 Å². The minimum atomic E-state index is 0.422. The third kappa shape index (κ3) is 4.52. The SMILES string of the molecule is CCC.Cc1ccccc1OC1CCN(C2CC2)CC1. The molecule has 20 heavy (non-hydrogen) atoms. The maximum Gasteiger partial charge on any atom is 0.122 e. The summed E-state index contributed by atoms with van der Waals surface area (Å²) in [6, 6.07) is 9.24. The number of ether oxygens (including phenoxy) is 1. The van der Waals surface area contributed by atoms with E-state index in [0.29, 0.717) is 6.10 Å². The Bertz CT molecular complexity index is 392. The number of rotatable bonds is 3. The van der Waals surface area contributed by atoms with E-state index < -0.39 is 0 Å². The number of aryl methyl sites for hydroxylation is 1. The van der Waals surface area contributed by atoms with Crippen LogP contribution in [-0.2, 0) is 0 Å². The van der Waals surface area contributed by atoms with Crippen LogP contribution in [0.4, 0.5) is 0 Å². The molecule has 2 fully saturated rings. The zero-order valence-corrected chi connectivity index (χ0v) is 13.3. The molecule has 3 rings (SSSR count). The van der Waals surface area contributed by atoms with Crippen molar-refractivity contribution in [2.24, 2.45) is 0 Å². The van der Waals surface area contributed by atoms with E-state index in [2.05, 4.69) is 49.9 Å². The first-order valence-corrected chi connectivity index (χ1v) is 8.21. The van der Waals surface area contributed by atoms with Crippen LogP contribution < -0.4 is 4.74 Å². The van der Waals surface area contributed by atoms with Crippen LogP contribution in [0.5, 0.6) is 5.75 Å². The molecule has 1 aliphatic carbocycles. The molecule has 0 amide bonds. The van der Waals surface area contributed by atoms with Crippen LogP contribution in [0.3, 0.4) is 0 Å². The first kappa shape index (κ1) is 15.4. The van der Waals surface area contributed by atoms with Gasteiger partial charge in [-0.2, -0.15) is 0 Å². The van der Waals surface area contributed by atoms with Gasteiger partial charge in [0.2, 0.25) is 0 Å². The molecule has 0 bridgehead atoms. The highest BCUT2D eigenvalue weighted by Crippen LogP contribution is 2.30. The molecule has 0 spiro atoms. The summed E-state index contributed by atoms with van der Waals surface area (Å²) in [6.45, 7) is 8.82. The molecule has 1 saturated heterocycles. The smallest absolute Gasteiger partial charge is 0.122 e. The number of hydrogen-bond donors (Lipinski definition) is 0. The average Bonchev–Trinajstić information content (AvgIpc) is 3.28. The van der Waals surface area contributed by atoms with Gasteiger partial charge in [0, 0.05) is 19.1 Å². The number of para-hydroxylation sites is 1. The predicted octanol–water partition coefficient (Wildman–Crippen LogP) is 4.42. The second-order valence-corrected chi connectivity index (χ2v) is 6.06.